The second-order valence-electron chi connectivity index (χ2n) is 20.1. The lowest BCUT2D eigenvalue weighted by molar-refractivity contribution is -0.132. The fourth-order valence-electron chi connectivity index (χ4n) is 9.87. The molecule has 81 heavy (non-hydrogen) atoms. The van der Waals surface area contributed by atoms with Gasteiger partial charge < -0.3 is 40.4 Å². The normalized spacial score (nSPS) is 15.4. The molecule has 23 heteroatoms. The van der Waals surface area contributed by atoms with Crippen molar-refractivity contribution in [2.75, 3.05) is 123 Å². The fourth-order valence-corrected chi connectivity index (χ4v) is 10.6. The second-order valence-corrected chi connectivity index (χ2v) is 22.4. The van der Waals surface area contributed by atoms with Gasteiger partial charge in [-0.25, -0.2) is 9.97 Å². The molecule has 0 unspecified atom stereocenters. The number of hydrogen-bond donors (Lipinski definition) is 3. The number of anilines is 6. The SMILES string of the molecule is C=CC(=O)Cl.C=CC(=O)N1CC(CCn2c(=O)ccc3cnc(Nc4cccc(N5CCN(C(=O)CCSC)CC5)c4)nc32)C1.CSCCC(=O)N1CCN(c2cccc(Nc3ncc4ccc(=O)n(CCC5CNC5)c4n3)c2)CC1. The third-order valence-corrected chi connectivity index (χ3v) is 16.1. The summed E-state index contributed by atoms with van der Waals surface area (Å²) < 4.78 is 3.45. The number of benzene rings is 2. The Kier molecular flexibility index (Phi) is 21.8. The molecule has 4 fully saturated rings. The van der Waals surface area contributed by atoms with E-state index < -0.39 is 5.24 Å². The van der Waals surface area contributed by atoms with E-state index in [9.17, 15) is 28.8 Å². The van der Waals surface area contributed by atoms with Crippen LogP contribution in [0.4, 0.5) is 34.6 Å². The number of allylic oxidation sites excluding steroid dienone is 1. The first kappa shape index (κ1) is 59.8. The first-order valence-electron chi connectivity index (χ1n) is 27.3. The molecule has 0 saturated carbocycles. The van der Waals surface area contributed by atoms with Crippen LogP contribution >= 0.6 is 35.1 Å². The van der Waals surface area contributed by atoms with Gasteiger partial charge in [-0.3, -0.25) is 37.9 Å². The monoisotopic (exact) mass is 1160 g/mol. The van der Waals surface area contributed by atoms with E-state index in [-0.39, 0.29) is 28.8 Å². The van der Waals surface area contributed by atoms with Crippen LogP contribution in [0.5, 0.6) is 0 Å². The number of carbonyl (C=O) groups is 4. The maximum Gasteiger partial charge on any atom is 0.252 e. The van der Waals surface area contributed by atoms with Crippen LogP contribution in [-0.2, 0) is 32.3 Å². The van der Waals surface area contributed by atoms with Gasteiger partial charge in [0.25, 0.3) is 11.1 Å². The van der Waals surface area contributed by atoms with Crippen molar-refractivity contribution in [3.63, 3.8) is 0 Å². The van der Waals surface area contributed by atoms with Gasteiger partial charge in [-0.15, -0.1) is 0 Å². The molecule has 8 heterocycles. The molecule has 4 aliphatic rings. The average Bonchev–Trinajstić information content (AvgIpc) is 3.57. The molecule has 10 rings (SSSR count). The Balaban J connectivity index is 0.000000197. The summed E-state index contributed by atoms with van der Waals surface area (Å²) in [4.78, 5) is 99.9. The number of amides is 3. The van der Waals surface area contributed by atoms with Crippen molar-refractivity contribution in [3.8, 4) is 0 Å². The van der Waals surface area contributed by atoms with Gasteiger partial charge in [0.2, 0.25) is 34.9 Å². The number of aryl methyl sites for hydroxylation is 2. The van der Waals surface area contributed by atoms with E-state index in [4.69, 9.17) is 21.6 Å². The molecular weight excluding hydrogens is 1090 g/mol. The van der Waals surface area contributed by atoms with Crippen molar-refractivity contribution in [1.29, 1.82) is 0 Å². The Hall–Kier alpha value is -7.27. The summed E-state index contributed by atoms with van der Waals surface area (Å²) in [6, 6.07) is 22.9. The number of piperazine rings is 2. The van der Waals surface area contributed by atoms with Gasteiger partial charge >= 0.3 is 0 Å². The van der Waals surface area contributed by atoms with E-state index in [2.05, 4.69) is 73.1 Å². The number of pyridine rings is 2. The number of nitrogens with zero attached hydrogens (tertiary/aromatic N) is 11. The molecule has 20 nitrogen and oxygen atoms in total. The number of nitrogens with one attached hydrogen (secondary N) is 3. The Morgan fingerprint density at radius 3 is 1.47 bits per heavy atom. The Bertz CT molecular complexity index is 3300. The number of halogens is 1. The predicted molar refractivity (Wildman–Crippen MR) is 328 cm³/mol. The topological polar surface area (TPSA) is 216 Å². The number of fused-ring (bicyclic) bond motifs is 2. The van der Waals surface area contributed by atoms with Crippen molar-refractivity contribution in [1.82, 2.24) is 49.1 Å². The van der Waals surface area contributed by atoms with Crippen molar-refractivity contribution in [2.24, 2.45) is 11.8 Å². The van der Waals surface area contributed by atoms with Gasteiger partial charge in [-0.2, -0.15) is 33.5 Å². The van der Waals surface area contributed by atoms with Crippen molar-refractivity contribution in [2.45, 2.75) is 38.8 Å². The zero-order chi connectivity index (χ0) is 57.3. The summed E-state index contributed by atoms with van der Waals surface area (Å²) in [7, 11) is 0. The summed E-state index contributed by atoms with van der Waals surface area (Å²) in [5.74, 6) is 4.01. The molecule has 4 saturated heterocycles. The standard InChI is InChI=1S/C29H35N7O3S.C26H33N7O2S.C3H3ClO/c1-3-25(37)35-19-21(20-35)9-11-36-27(39)8-7-22-18-30-29(32-28(22)36)31-23-5-4-6-24(17-23)33-12-14-34(15-13-33)26(38)10-16-40-2;1-36-14-8-23(34)32-12-10-31(11-13-32)22-4-2-3-21(15-22)29-26-28-18-20-5-6-24(35)33(25(20)30-26)9-7-19-16-27-17-19;1-2-3(4)5/h3-8,17-18,21H,1,9-16,19-20H2,2H3,(H,30,31,32);2-6,15,18-19,27H,7-14,16-17H2,1H3,(H,28,29,30);2H,1H2. The van der Waals surface area contributed by atoms with Gasteiger partial charge in [0.05, 0.1) is 0 Å². The number of likely N-dealkylation sites (tertiary alicyclic amines) is 1. The van der Waals surface area contributed by atoms with Crippen LogP contribution in [0.25, 0.3) is 22.1 Å². The van der Waals surface area contributed by atoms with Crippen LogP contribution in [0.2, 0.25) is 0 Å². The van der Waals surface area contributed by atoms with Crippen LogP contribution < -0.4 is 36.9 Å². The lowest BCUT2D eigenvalue weighted by atomic mass is 9.96. The number of aromatic nitrogens is 6. The highest BCUT2D eigenvalue weighted by Crippen LogP contribution is 2.27. The van der Waals surface area contributed by atoms with Crippen LogP contribution in [0, 0.1) is 11.8 Å². The van der Waals surface area contributed by atoms with Gasteiger partial charge in [0, 0.05) is 161 Å². The Morgan fingerprint density at radius 2 is 1.07 bits per heavy atom. The molecule has 0 radical (unpaired) electrons. The fraction of sp³-hybridized carbons (Fsp3) is 0.414. The smallest absolute Gasteiger partial charge is 0.252 e. The molecule has 3 amide bonds. The largest absolute Gasteiger partial charge is 0.368 e. The summed E-state index contributed by atoms with van der Waals surface area (Å²) in [5, 5.41) is 11.0. The number of carbonyl (C=O) groups excluding carboxylic acids is 4. The van der Waals surface area contributed by atoms with Crippen molar-refractivity contribution < 1.29 is 19.2 Å². The van der Waals surface area contributed by atoms with E-state index in [0.29, 0.717) is 74.0 Å². The first-order valence-corrected chi connectivity index (χ1v) is 30.4. The molecule has 4 aliphatic heterocycles. The maximum absolute atomic E-state index is 12.8. The quantitative estimate of drug-likeness (QED) is 0.0553. The second kappa shape index (κ2) is 29.4. The summed E-state index contributed by atoms with van der Waals surface area (Å²) >= 11 is 8.11. The summed E-state index contributed by atoms with van der Waals surface area (Å²) in [5.41, 5.74) is 5.01. The zero-order valence-corrected chi connectivity index (χ0v) is 48.4. The van der Waals surface area contributed by atoms with E-state index in [1.165, 1.54) is 6.08 Å². The molecule has 3 N–H and O–H groups in total. The first-order chi connectivity index (χ1) is 39.3. The molecule has 6 aromatic rings. The Morgan fingerprint density at radius 1 is 0.630 bits per heavy atom. The molecule has 0 bridgehead atoms. The van der Waals surface area contributed by atoms with Crippen molar-refractivity contribution in [3.05, 3.63) is 131 Å². The lowest BCUT2D eigenvalue weighted by Crippen LogP contribution is -2.49. The molecule has 0 aliphatic carbocycles. The van der Waals surface area contributed by atoms with E-state index in [0.717, 1.165) is 129 Å². The molecule has 2 aromatic carbocycles. The van der Waals surface area contributed by atoms with Crippen molar-refractivity contribution >= 4 is 115 Å². The Labute approximate surface area is 485 Å². The van der Waals surface area contributed by atoms with Gasteiger partial charge in [0.1, 0.15) is 11.3 Å². The van der Waals surface area contributed by atoms with Crippen LogP contribution in [0.3, 0.4) is 0 Å². The van der Waals surface area contributed by atoms with E-state index >= 15 is 0 Å². The minimum atomic E-state index is -0.509. The molecule has 4 aromatic heterocycles. The van der Waals surface area contributed by atoms with Gasteiger partial charge in [0.15, 0.2) is 0 Å². The molecule has 0 spiro atoms. The summed E-state index contributed by atoms with van der Waals surface area (Å²) in [6.45, 7) is 17.3. The van der Waals surface area contributed by atoms with E-state index in [1.807, 2.05) is 46.6 Å². The lowest BCUT2D eigenvalue weighted by Gasteiger charge is -2.38. The van der Waals surface area contributed by atoms with Gasteiger partial charge in [-0.05, 0) is 123 Å². The number of rotatable bonds is 20. The van der Waals surface area contributed by atoms with Gasteiger partial charge in [-0.1, -0.05) is 25.3 Å². The molecule has 0 atom stereocenters. The number of thioether (sulfide) groups is 2. The van der Waals surface area contributed by atoms with E-state index in [1.54, 1.807) is 74.2 Å². The van der Waals surface area contributed by atoms with Crippen LogP contribution in [-0.4, -0.2) is 169 Å². The minimum Gasteiger partial charge on any atom is -0.368 e. The average molecular weight is 1160 g/mol. The highest BCUT2D eigenvalue weighted by molar-refractivity contribution is 7.98. The molecular formula is C58H71ClN14O6S2. The predicted octanol–water partition coefficient (Wildman–Crippen LogP) is 6.46. The molecule has 428 valence electrons. The summed E-state index contributed by atoms with van der Waals surface area (Å²) in [6.07, 6.45) is 12.9. The third-order valence-electron chi connectivity index (χ3n) is 14.7. The zero-order valence-electron chi connectivity index (χ0n) is 46.0. The highest BCUT2D eigenvalue weighted by Gasteiger charge is 2.29. The minimum absolute atomic E-state index is 0.0347. The third kappa shape index (κ3) is 16.4. The highest BCUT2D eigenvalue weighted by atomic mass is 35.5. The van der Waals surface area contributed by atoms with Crippen LogP contribution in [0.1, 0.15) is 25.7 Å². The maximum atomic E-state index is 12.8. The number of hydrogen-bond acceptors (Lipinski definition) is 17. The van der Waals surface area contributed by atoms with Crippen LogP contribution in [0.15, 0.2) is 120 Å².